The van der Waals surface area contributed by atoms with Gasteiger partial charge in [0.15, 0.2) is 0 Å². The van der Waals surface area contributed by atoms with Crippen molar-refractivity contribution in [3.05, 3.63) is 49.4 Å². The van der Waals surface area contributed by atoms with Crippen LogP contribution in [0.2, 0.25) is 0 Å². The lowest BCUT2D eigenvalue weighted by Crippen LogP contribution is -2.16. The molecule has 1 amide bonds. The lowest BCUT2D eigenvalue weighted by atomic mass is 10.2. The van der Waals surface area contributed by atoms with Crippen LogP contribution in [-0.2, 0) is 0 Å². The number of benzene rings is 1. The Balaban J connectivity index is 2.31. The van der Waals surface area contributed by atoms with Gasteiger partial charge in [-0.25, -0.2) is 4.98 Å². The van der Waals surface area contributed by atoms with E-state index in [1.807, 2.05) is 25.1 Å². The Morgan fingerprint density at radius 1 is 1.19 bits per heavy atom. The number of pyridine rings is 1. The number of nitrogens with one attached hydrogen (secondary N) is 2. The van der Waals surface area contributed by atoms with Crippen LogP contribution in [0.5, 0.6) is 0 Å². The number of halogens is 3. The van der Waals surface area contributed by atoms with Crippen molar-refractivity contribution in [1.29, 1.82) is 0 Å². The van der Waals surface area contributed by atoms with E-state index in [2.05, 4.69) is 63.4 Å². The maximum Gasteiger partial charge on any atom is 0.259 e. The van der Waals surface area contributed by atoms with E-state index in [4.69, 9.17) is 0 Å². The van der Waals surface area contributed by atoms with Gasteiger partial charge in [0.25, 0.3) is 5.91 Å². The topological polar surface area (TPSA) is 54.0 Å². The fourth-order valence-electron chi connectivity index (χ4n) is 1.70. The lowest BCUT2D eigenvalue weighted by Gasteiger charge is -2.12. The van der Waals surface area contributed by atoms with Crippen molar-refractivity contribution in [2.24, 2.45) is 0 Å². The molecule has 0 aliphatic rings. The molecule has 0 saturated carbocycles. The van der Waals surface area contributed by atoms with Gasteiger partial charge in [-0.1, -0.05) is 15.9 Å². The number of hydrogen-bond donors (Lipinski definition) is 2. The monoisotopic (exact) mass is 475 g/mol. The van der Waals surface area contributed by atoms with Crippen LogP contribution >= 0.6 is 47.8 Å². The molecule has 0 aliphatic heterocycles. The van der Waals surface area contributed by atoms with Crippen molar-refractivity contribution in [1.82, 2.24) is 4.98 Å². The molecule has 2 rings (SSSR count). The quantitative estimate of drug-likeness (QED) is 0.647. The Labute approximate surface area is 148 Å². The molecule has 110 valence electrons. The third-order valence-corrected chi connectivity index (χ3v) is 4.24. The zero-order valence-electron chi connectivity index (χ0n) is 11.1. The molecule has 0 aliphatic carbocycles. The summed E-state index contributed by atoms with van der Waals surface area (Å²) in [5.41, 5.74) is 1.18. The van der Waals surface area contributed by atoms with Crippen molar-refractivity contribution >= 4 is 65.2 Å². The molecule has 1 heterocycles. The number of nitrogens with zero attached hydrogens (tertiary/aromatic N) is 1. The second kappa shape index (κ2) is 7.38. The van der Waals surface area contributed by atoms with Gasteiger partial charge in [-0.2, -0.15) is 0 Å². The summed E-state index contributed by atoms with van der Waals surface area (Å²) in [5.74, 6) is 0.336. The SMILES string of the molecule is CCNc1ncc(Br)cc1C(=O)Nc1cc(Br)ccc1Br. The Hall–Kier alpha value is -0.920. The first-order valence-corrected chi connectivity index (χ1v) is 8.55. The fourth-order valence-corrected chi connectivity index (χ4v) is 2.74. The Bertz CT molecular complexity index is 677. The molecule has 2 aromatic rings. The third-order valence-electron chi connectivity index (χ3n) is 2.62. The number of carbonyl (C=O) groups is 1. The van der Waals surface area contributed by atoms with Crippen LogP contribution in [0.15, 0.2) is 43.9 Å². The molecule has 0 radical (unpaired) electrons. The highest BCUT2D eigenvalue weighted by Crippen LogP contribution is 2.27. The maximum atomic E-state index is 12.5. The summed E-state index contributed by atoms with van der Waals surface area (Å²) >= 11 is 10.1. The van der Waals surface area contributed by atoms with Crippen LogP contribution in [0.1, 0.15) is 17.3 Å². The minimum atomic E-state index is -0.224. The summed E-state index contributed by atoms with van der Waals surface area (Å²) in [6, 6.07) is 7.33. The van der Waals surface area contributed by atoms with Gasteiger partial charge in [-0.15, -0.1) is 0 Å². The minimum Gasteiger partial charge on any atom is -0.370 e. The second-order valence-corrected chi connectivity index (χ2v) is 6.84. The summed E-state index contributed by atoms with van der Waals surface area (Å²) in [7, 11) is 0. The van der Waals surface area contributed by atoms with Gasteiger partial charge in [0.2, 0.25) is 0 Å². The van der Waals surface area contributed by atoms with Crippen molar-refractivity contribution in [3.8, 4) is 0 Å². The van der Waals surface area contributed by atoms with Gasteiger partial charge in [0.1, 0.15) is 5.82 Å². The summed E-state index contributed by atoms with van der Waals surface area (Å²) in [5, 5.41) is 5.96. The molecule has 7 heteroatoms. The van der Waals surface area contributed by atoms with Gasteiger partial charge in [0.05, 0.1) is 11.3 Å². The van der Waals surface area contributed by atoms with Crippen molar-refractivity contribution in [3.63, 3.8) is 0 Å². The standard InChI is InChI=1S/C14H12Br3N3O/c1-2-18-13-10(5-9(16)7-19-13)14(21)20-12-6-8(15)3-4-11(12)17/h3-7H,2H2,1H3,(H,18,19)(H,20,21). The smallest absolute Gasteiger partial charge is 0.259 e. The average molecular weight is 478 g/mol. The van der Waals surface area contributed by atoms with Crippen LogP contribution in [0, 0.1) is 0 Å². The van der Waals surface area contributed by atoms with E-state index in [0.29, 0.717) is 23.6 Å². The molecule has 0 saturated heterocycles. The van der Waals surface area contributed by atoms with Crippen LogP contribution < -0.4 is 10.6 Å². The fraction of sp³-hybridized carbons (Fsp3) is 0.143. The summed E-state index contributed by atoms with van der Waals surface area (Å²) in [6.45, 7) is 2.64. The minimum absolute atomic E-state index is 0.224. The van der Waals surface area contributed by atoms with Crippen molar-refractivity contribution < 1.29 is 4.79 Å². The molecule has 0 fully saturated rings. The molecule has 1 aromatic carbocycles. The summed E-state index contributed by atoms with van der Waals surface area (Å²) in [4.78, 5) is 16.7. The first-order valence-electron chi connectivity index (χ1n) is 6.17. The van der Waals surface area contributed by atoms with Gasteiger partial charge in [-0.3, -0.25) is 4.79 Å². The molecule has 0 unspecified atom stereocenters. The molecule has 1 aromatic heterocycles. The third kappa shape index (κ3) is 4.28. The predicted octanol–water partition coefficient (Wildman–Crippen LogP) is 5.05. The molecular formula is C14H12Br3N3O. The first kappa shape index (κ1) is 16.5. The number of carbonyl (C=O) groups excluding carboxylic acids is 1. The molecular weight excluding hydrogens is 466 g/mol. The Morgan fingerprint density at radius 2 is 1.95 bits per heavy atom. The normalized spacial score (nSPS) is 10.3. The zero-order chi connectivity index (χ0) is 15.4. The molecule has 0 atom stereocenters. The predicted molar refractivity (Wildman–Crippen MR) is 95.9 cm³/mol. The van der Waals surface area contributed by atoms with Crippen LogP contribution in [0.3, 0.4) is 0 Å². The van der Waals surface area contributed by atoms with Gasteiger partial charge in [0, 0.05) is 26.2 Å². The maximum absolute atomic E-state index is 12.5. The largest absolute Gasteiger partial charge is 0.370 e. The Morgan fingerprint density at radius 3 is 2.67 bits per heavy atom. The number of hydrogen-bond acceptors (Lipinski definition) is 3. The first-order chi connectivity index (χ1) is 10.0. The summed E-state index contributed by atoms with van der Waals surface area (Å²) < 4.78 is 2.45. The summed E-state index contributed by atoms with van der Waals surface area (Å²) in [6.07, 6.45) is 1.66. The number of rotatable bonds is 4. The molecule has 4 nitrogen and oxygen atoms in total. The number of aromatic nitrogens is 1. The van der Waals surface area contributed by atoms with E-state index in [-0.39, 0.29) is 5.91 Å². The molecule has 21 heavy (non-hydrogen) atoms. The lowest BCUT2D eigenvalue weighted by molar-refractivity contribution is 0.102. The van der Waals surface area contributed by atoms with E-state index in [1.54, 1.807) is 12.3 Å². The van der Waals surface area contributed by atoms with E-state index >= 15 is 0 Å². The van der Waals surface area contributed by atoms with Gasteiger partial charge in [-0.05, 0) is 63.0 Å². The van der Waals surface area contributed by atoms with E-state index in [1.165, 1.54) is 0 Å². The van der Waals surface area contributed by atoms with E-state index in [0.717, 1.165) is 13.4 Å². The molecule has 2 N–H and O–H groups in total. The highest BCUT2D eigenvalue weighted by molar-refractivity contribution is 9.11. The number of anilines is 2. The highest BCUT2D eigenvalue weighted by Gasteiger charge is 2.14. The van der Waals surface area contributed by atoms with Crippen LogP contribution in [0.25, 0.3) is 0 Å². The Kier molecular flexibility index (Phi) is 5.78. The molecule has 0 bridgehead atoms. The van der Waals surface area contributed by atoms with Gasteiger partial charge < -0.3 is 10.6 Å². The average Bonchev–Trinajstić information content (AvgIpc) is 2.45. The zero-order valence-corrected chi connectivity index (χ0v) is 15.8. The second-order valence-electron chi connectivity index (χ2n) is 4.16. The van der Waals surface area contributed by atoms with Crippen molar-refractivity contribution in [2.75, 3.05) is 17.2 Å². The van der Waals surface area contributed by atoms with Crippen LogP contribution in [-0.4, -0.2) is 17.4 Å². The van der Waals surface area contributed by atoms with Crippen molar-refractivity contribution in [2.45, 2.75) is 6.92 Å². The van der Waals surface area contributed by atoms with E-state index in [9.17, 15) is 4.79 Å². The molecule has 0 spiro atoms. The van der Waals surface area contributed by atoms with Crippen LogP contribution in [0.4, 0.5) is 11.5 Å². The number of amides is 1. The highest BCUT2D eigenvalue weighted by atomic mass is 79.9. The van der Waals surface area contributed by atoms with E-state index < -0.39 is 0 Å². The van der Waals surface area contributed by atoms with Gasteiger partial charge >= 0.3 is 0 Å².